The third-order valence-corrected chi connectivity index (χ3v) is 1.62. The van der Waals surface area contributed by atoms with Gasteiger partial charge in [-0.25, -0.2) is 4.39 Å². The van der Waals surface area contributed by atoms with Crippen molar-refractivity contribution in [2.45, 2.75) is 6.18 Å². The monoisotopic (exact) mass is 245 g/mol. The summed E-state index contributed by atoms with van der Waals surface area (Å²) in [5, 5.41) is 10.1. The molecule has 1 aromatic carbocycles. The number of nitro benzene ring substituents is 1. The highest BCUT2D eigenvalue weighted by atomic mass is 19.4. The van der Waals surface area contributed by atoms with Gasteiger partial charge < -0.3 is 0 Å². The highest BCUT2D eigenvalue weighted by molar-refractivity contribution is 5.40. The minimum atomic E-state index is -5.34. The van der Waals surface area contributed by atoms with Gasteiger partial charge in [0, 0.05) is 0 Å². The number of benzene rings is 1. The van der Waals surface area contributed by atoms with E-state index in [2.05, 4.69) is 0 Å². The Balaban J connectivity index is 3.64. The number of alkyl halides is 3. The molecule has 0 aliphatic heterocycles. The van der Waals surface area contributed by atoms with Gasteiger partial charge in [-0.2, -0.15) is 22.0 Å². The first-order valence-corrected chi connectivity index (χ1v) is 3.55. The molecule has 0 amide bonds. The number of hydrogen-bond donors (Lipinski definition) is 0. The Bertz CT molecular complexity index is 455. The van der Waals surface area contributed by atoms with Crippen molar-refractivity contribution in [1.82, 2.24) is 0 Å². The van der Waals surface area contributed by atoms with Crippen molar-refractivity contribution in [3.63, 3.8) is 0 Å². The Morgan fingerprint density at radius 2 is 1.62 bits per heavy atom. The van der Waals surface area contributed by atoms with E-state index in [9.17, 15) is 36.5 Å². The number of nitro groups is 1. The summed E-state index contributed by atoms with van der Waals surface area (Å²) < 4.78 is 74.3. The van der Waals surface area contributed by atoms with E-state index in [0.717, 1.165) is 0 Å². The van der Waals surface area contributed by atoms with Crippen LogP contribution in [0.3, 0.4) is 0 Å². The molecule has 0 bridgehead atoms. The van der Waals surface area contributed by atoms with Crippen LogP contribution in [0, 0.1) is 27.6 Å². The molecule has 0 saturated heterocycles. The fourth-order valence-corrected chi connectivity index (χ4v) is 0.957. The Labute approximate surface area is 83.4 Å². The summed E-state index contributed by atoms with van der Waals surface area (Å²) in [6, 6.07) is -0.475. The fourth-order valence-electron chi connectivity index (χ4n) is 0.957. The summed E-state index contributed by atoms with van der Waals surface area (Å²) in [5.74, 6) is -6.85. The van der Waals surface area contributed by atoms with Crippen LogP contribution in [-0.2, 0) is 6.18 Å². The zero-order valence-electron chi connectivity index (χ0n) is 7.11. The van der Waals surface area contributed by atoms with E-state index < -0.39 is 45.9 Å². The molecule has 0 radical (unpaired) electrons. The summed E-state index contributed by atoms with van der Waals surface area (Å²) in [5.41, 5.74) is -4.38. The summed E-state index contributed by atoms with van der Waals surface area (Å²) >= 11 is 0. The average molecular weight is 245 g/mol. The Morgan fingerprint density at radius 3 is 2.00 bits per heavy atom. The first-order valence-electron chi connectivity index (χ1n) is 3.55. The highest BCUT2D eigenvalue weighted by Crippen LogP contribution is 2.36. The summed E-state index contributed by atoms with van der Waals surface area (Å²) in [6.45, 7) is 0. The molecule has 0 N–H and O–H groups in total. The molecular formula is C7HF6NO2. The number of rotatable bonds is 1. The van der Waals surface area contributed by atoms with Crippen molar-refractivity contribution in [2.24, 2.45) is 0 Å². The van der Waals surface area contributed by atoms with Gasteiger partial charge >= 0.3 is 11.9 Å². The van der Waals surface area contributed by atoms with Crippen LogP contribution in [0.4, 0.5) is 32.0 Å². The molecule has 16 heavy (non-hydrogen) atoms. The maximum Gasteiger partial charge on any atom is 0.419 e. The molecule has 0 atom stereocenters. The average Bonchev–Trinajstić information content (AvgIpc) is 2.09. The predicted molar refractivity (Wildman–Crippen MR) is 38.0 cm³/mol. The third-order valence-electron chi connectivity index (χ3n) is 1.62. The number of nitrogens with zero attached hydrogens (tertiary/aromatic N) is 1. The molecule has 0 saturated carbocycles. The van der Waals surface area contributed by atoms with Crippen molar-refractivity contribution in [1.29, 1.82) is 0 Å². The second kappa shape index (κ2) is 3.65. The van der Waals surface area contributed by atoms with Crippen molar-refractivity contribution in [2.75, 3.05) is 0 Å². The van der Waals surface area contributed by atoms with Crippen molar-refractivity contribution < 1.29 is 31.3 Å². The molecule has 1 rings (SSSR count). The smallest absolute Gasteiger partial charge is 0.258 e. The molecule has 0 aliphatic rings. The van der Waals surface area contributed by atoms with Gasteiger partial charge in [0.2, 0.25) is 11.6 Å². The topological polar surface area (TPSA) is 43.1 Å². The molecule has 9 heteroatoms. The zero-order chi connectivity index (χ0) is 12.7. The van der Waals surface area contributed by atoms with Gasteiger partial charge in [0.25, 0.3) is 0 Å². The van der Waals surface area contributed by atoms with Gasteiger partial charge in [0.05, 0.1) is 4.92 Å². The molecule has 0 aliphatic carbocycles. The second-order valence-corrected chi connectivity index (χ2v) is 2.64. The molecular weight excluding hydrogens is 244 g/mol. The maximum atomic E-state index is 12.9. The first kappa shape index (κ1) is 12.3. The summed E-state index contributed by atoms with van der Waals surface area (Å²) in [7, 11) is 0. The SMILES string of the molecule is O=[N+]([O-])c1c(F)c(F)cc(C(F)(F)F)c1F. The minimum Gasteiger partial charge on any atom is -0.258 e. The predicted octanol–water partition coefficient (Wildman–Crippen LogP) is 3.03. The third kappa shape index (κ3) is 1.92. The van der Waals surface area contributed by atoms with Gasteiger partial charge in [0.15, 0.2) is 5.82 Å². The Morgan fingerprint density at radius 1 is 1.12 bits per heavy atom. The van der Waals surface area contributed by atoms with E-state index in [-0.39, 0.29) is 0 Å². The largest absolute Gasteiger partial charge is 0.419 e. The van der Waals surface area contributed by atoms with Gasteiger partial charge in [-0.3, -0.25) is 10.1 Å². The van der Waals surface area contributed by atoms with Gasteiger partial charge in [-0.1, -0.05) is 0 Å². The van der Waals surface area contributed by atoms with E-state index in [4.69, 9.17) is 0 Å². The number of halogens is 6. The molecule has 88 valence electrons. The van der Waals surface area contributed by atoms with E-state index >= 15 is 0 Å². The van der Waals surface area contributed by atoms with Gasteiger partial charge in [-0.15, -0.1) is 0 Å². The Kier molecular flexibility index (Phi) is 2.80. The summed E-state index contributed by atoms with van der Waals surface area (Å²) in [4.78, 5) is 8.30. The Hall–Kier alpha value is -1.80. The molecule has 0 unspecified atom stereocenters. The fraction of sp³-hybridized carbons (Fsp3) is 0.143. The molecule has 3 nitrogen and oxygen atoms in total. The van der Waals surface area contributed by atoms with E-state index in [1.165, 1.54) is 0 Å². The molecule has 1 aromatic rings. The quantitative estimate of drug-likeness (QED) is 0.330. The van der Waals surface area contributed by atoms with Crippen LogP contribution < -0.4 is 0 Å². The van der Waals surface area contributed by atoms with E-state index in [1.807, 2.05) is 0 Å². The summed E-state index contributed by atoms with van der Waals surface area (Å²) in [6.07, 6.45) is -5.34. The van der Waals surface area contributed by atoms with Crippen LogP contribution in [-0.4, -0.2) is 4.92 Å². The van der Waals surface area contributed by atoms with Crippen LogP contribution in [0.1, 0.15) is 5.56 Å². The van der Waals surface area contributed by atoms with Crippen LogP contribution in [0.25, 0.3) is 0 Å². The van der Waals surface area contributed by atoms with E-state index in [1.54, 1.807) is 0 Å². The van der Waals surface area contributed by atoms with Crippen molar-refractivity contribution >= 4 is 5.69 Å². The standard InChI is InChI=1S/C7HF6NO2/c8-3-1-2(7(11,12)13)4(9)6(5(3)10)14(15)16/h1H. The van der Waals surface area contributed by atoms with Gasteiger partial charge in [0.1, 0.15) is 5.56 Å². The molecule has 0 fully saturated rings. The lowest BCUT2D eigenvalue weighted by molar-refractivity contribution is -0.390. The van der Waals surface area contributed by atoms with Crippen molar-refractivity contribution in [3.05, 3.63) is 39.2 Å². The molecule has 0 heterocycles. The maximum absolute atomic E-state index is 12.9. The normalized spacial score (nSPS) is 11.6. The lowest BCUT2D eigenvalue weighted by Gasteiger charge is -2.08. The lowest BCUT2D eigenvalue weighted by Crippen LogP contribution is -2.12. The number of hydrogen-bond acceptors (Lipinski definition) is 2. The highest BCUT2D eigenvalue weighted by Gasteiger charge is 2.40. The van der Waals surface area contributed by atoms with Crippen molar-refractivity contribution in [3.8, 4) is 0 Å². The lowest BCUT2D eigenvalue weighted by atomic mass is 10.1. The van der Waals surface area contributed by atoms with E-state index in [0.29, 0.717) is 0 Å². The van der Waals surface area contributed by atoms with Crippen LogP contribution >= 0.6 is 0 Å². The van der Waals surface area contributed by atoms with Gasteiger partial charge in [-0.05, 0) is 6.07 Å². The zero-order valence-corrected chi connectivity index (χ0v) is 7.11. The van der Waals surface area contributed by atoms with Crippen LogP contribution in [0.15, 0.2) is 6.07 Å². The molecule has 0 aromatic heterocycles. The molecule has 0 spiro atoms. The first-order chi connectivity index (χ1) is 7.16. The minimum absolute atomic E-state index is 0.475. The van der Waals surface area contributed by atoms with Crippen LogP contribution in [0.5, 0.6) is 0 Å². The second-order valence-electron chi connectivity index (χ2n) is 2.64. The van der Waals surface area contributed by atoms with Crippen LogP contribution in [0.2, 0.25) is 0 Å².